The predicted octanol–water partition coefficient (Wildman–Crippen LogP) is 4.28. The van der Waals surface area contributed by atoms with E-state index in [0.29, 0.717) is 5.92 Å². The molecular weight excluding hydrogens is 218 g/mol. The molecule has 0 spiro atoms. The summed E-state index contributed by atoms with van der Waals surface area (Å²) >= 11 is 5.98. The van der Waals surface area contributed by atoms with Crippen LogP contribution in [0.4, 0.5) is 0 Å². The lowest BCUT2D eigenvalue weighted by atomic mass is 10.1. The lowest BCUT2D eigenvalue weighted by Crippen LogP contribution is -1.89. The average Bonchev–Trinajstić information content (AvgIpc) is 3.13. The first-order chi connectivity index (χ1) is 7.83. The topological polar surface area (TPSA) is 12.9 Å². The number of pyridine rings is 1. The minimum absolute atomic E-state index is 0.694. The number of aromatic nitrogens is 1. The van der Waals surface area contributed by atoms with Gasteiger partial charge in [0.05, 0.1) is 5.69 Å². The fourth-order valence-corrected chi connectivity index (χ4v) is 2.06. The highest BCUT2D eigenvalue weighted by molar-refractivity contribution is 6.30. The number of nitrogens with zero attached hydrogens (tertiary/aromatic N) is 1. The summed E-state index contributed by atoms with van der Waals surface area (Å²) in [5.41, 5.74) is 3.33. The van der Waals surface area contributed by atoms with Crippen molar-refractivity contribution >= 4 is 11.6 Å². The molecule has 1 aliphatic carbocycles. The molecule has 1 saturated carbocycles. The molecule has 3 rings (SSSR count). The van der Waals surface area contributed by atoms with Crippen molar-refractivity contribution in [3.8, 4) is 11.3 Å². The molecule has 80 valence electrons. The van der Waals surface area contributed by atoms with Gasteiger partial charge in [0.15, 0.2) is 0 Å². The molecule has 0 aliphatic heterocycles. The van der Waals surface area contributed by atoms with Gasteiger partial charge in [0.1, 0.15) is 0 Å². The van der Waals surface area contributed by atoms with Crippen molar-refractivity contribution in [1.82, 2.24) is 4.98 Å². The first kappa shape index (κ1) is 9.86. The fourth-order valence-electron chi connectivity index (χ4n) is 1.87. The van der Waals surface area contributed by atoms with E-state index in [1.165, 1.54) is 18.5 Å². The van der Waals surface area contributed by atoms with Crippen LogP contribution in [0.25, 0.3) is 11.3 Å². The highest BCUT2D eigenvalue weighted by Crippen LogP contribution is 2.39. The van der Waals surface area contributed by atoms with E-state index in [1.54, 1.807) is 0 Å². The zero-order valence-electron chi connectivity index (χ0n) is 8.86. The van der Waals surface area contributed by atoms with Crippen LogP contribution in [0, 0.1) is 0 Å². The molecule has 0 amide bonds. The van der Waals surface area contributed by atoms with Gasteiger partial charge in [-0.2, -0.15) is 0 Å². The Labute approximate surface area is 100 Å². The van der Waals surface area contributed by atoms with Gasteiger partial charge < -0.3 is 0 Å². The van der Waals surface area contributed by atoms with Crippen LogP contribution < -0.4 is 0 Å². The second-order valence-electron chi connectivity index (χ2n) is 4.23. The van der Waals surface area contributed by atoms with Crippen molar-refractivity contribution in [3.63, 3.8) is 0 Å². The Morgan fingerprint density at radius 1 is 1.06 bits per heavy atom. The van der Waals surface area contributed by atoms with Crippen molar-refractivity contribution in [3.05, 3.63) is 53.2 Å². The Kier molecular flexibility index (Phi) is 2.41. The quantitative estimate of drug-likeness (QED) is 0.749. The molecule has 1 nitrogen and oxygen atoms in total. The minimum Gasteiger partial charge on any atom is -0.253 e. The van der Waals surface area contributed by atoms with Crippen LogP contribution in [0.5, 0.6) is 0 Å². The van der Waals surface area contributed by atoms with E-state index in [4.69, 9.17) is 11.6 Å². The van der Waals surface area contributed by atoms with Crippen molar-refractivity contribution < 1.29 is 0 Å². The zero-order valence-corrected chi connectivity index (χ0v) is 9.61. The third-order valence-electron chi connectivity index (χ3n) is 2.89. The van der Waals surface area contributed by atoms with Crippen LogP contribution in [0.3, 0.4) is 0 Å². The lowest BCUT2D eigenvalue weighted by molar-refractivity contribution is 1.03. The zero-order chi connectivity index (χ0) is 11.0. The third-order valence-corrected chi connectivity index (χ3v) is 3.12. The van der Waals surface area contributed by atoms with Crippen LogP contribution in [-0.2, 0) is 0 Å². The summed E-state index contributed by atoms with van der Waals surface area (Å²) in [5.74, 6) is 0.694. The summed E-state index contributed by atoms with van der Waals surface area (Å²) in [6, 6.07) is 14.1. The SMILES string of the molecule is Clc1cccc(-c2cccc(C3CC3)n2)c1. The monoisotopic (exact) mass is 229 g/mol. The molecule has 16 heavy (non-hydrogen) atoms. The van der Waals surface area contributed by atoms with E-state index >= 15 is 0 Å². The molecule has 0 radical (unpaired) electrons. The molecule has 0 unspecified atom stereocenters. The molecule has 2 heteroatoms. The van der Waals surface area contributed by atoms with E-state index in [2.05, 4.69) is 17.1 Å². The van der Waals surface area contributed by atoms with Gasteiger partial charge in [-0.1, -0.05) is 29.8 Å². The van der Waals surface area contributed by atoms with Gasteiger partial charge in [-0.3, -0.25) is 4.98 Å². The maximum atomic E-state index is 5.98. The van der Waals surface area contributed by atoms with Crippen molar-refractivity contribution in [2.24, 2.45) is 0 Å². The summed E-state index contributed by atoms with van der Waals surface area (Å²) < 4.78 is 0. The fraction of sp³-hybridized carbons (Fsp3) is 0.214. The first-order valence-corrected chi connectivity index (χ1v) is 5.93. The van der Waals surface area contributed by atoms with Gasteiger partial charge in [0.25, 0.3) is 0 Å². The summed E-state index contributed by atoms with van der Waals surface area (Å²) in [5, 5.41) is 0.760. The molecule has 1 heterocycles. The molecule has 2 aromatic rings. The van der Waals surface area contributed by atoms with Crippen LogP contribution in [0.2, 0.25) is 5.02 Å². The standard InChI is InChI=1S/C14H12ClN/c15-12-4-1-3-11(9-12)14-6-2-5-13(16-14)10-7-8-10/h1-6,9-10H,7-8H2. The Morgan fingerprint density at radius 3 is 2.62 bits per heavy atom. The van der Waals surface area contributed by atoms with E-state index in [0.717, 1.165) is 16.3 Å². The second-order valence-corrected chi connectivity index (χ2v) is 4.67. The largest absolute Gasteiger partial charge is 0.253 e. The second kappa shape index (κ2) is 3.91. The van der Waals surface area contributed by atoms with Crippen LogP contribution in [0.1, 0.15) is 24.5 Å². The van der Waals surface area contributed by atoms with E-state index in [-0.39, 0.29) is 0 Å². The van der Waals surface area contributed by atoms with Gasteiger partial charge in [-0.15, -0.1) is 0 Å². The minimum atomic E-state index is 0.694. The molecule has 1 aromatic heterocycles. The Hall–Kier alpha value is -1.34. The van der Waals surface area contributed by atoms with E-state index in [9.17, 15) is 0 Å². The summed E-state index contributed by atoms with van der Waals surface area (Å²) in [6.07, 6.45) is 2.57. The van der Waals surface area contributed by atoms with Gasteiger partial charge in [0, 0.05) is 22.2 Å². The molecule has 0 bridgehead atoms. The lowest BCUT2D eigenvalue weighted by Gasteiger charge is -2.04. The van der Waals surface area contributed by atoms with Gasteiger partial charge in [0.2, 0.25) is 0 Å². The first-order valence-electron chi connectivity index (χ1n) is 5.56. The Balaban J connectivity index is 2.02. The third kappa shape index (κ3) is 1.96. The average molecular weight is 230 g/mol. The molecule has 0 N–H and O–H groups in total. The van der Waals surface area contributed by atoms with Crippen LogP contribution in [0.15, 0.2) is 42.5 Å². The summed E-state index contributed by atoms with van der Waals surface area (Å²) in [4.78, 5) is 4.69. The van der Waals surface area contributed by atoms with Crippen LogP contribution >= 0.6 is 11.6 Å². The molecule has 0 saturated heterocycles. The molecular formula is C14H12ClN. The summed E-state index contributed by atoms with van der Waals surface area (Å²) in [7, 11) is 0. The van der Waals surface area contributed by atoms with E-state index in [1.807, 2.05) is 30.3 Å². The maximum Gasteiger partial charge on any atom is 0.0705 e. The van der Waals surface area contributed by atoms with Crippen molar-refractivity contribution in [1.29, 1.82) is 0 Å². The molecule has 1 fully saturated rings. The molecule has 0 atom stereocenters. The Bertz CT molecular complexity index is 518. The van der Waals surface area contributed by atoms with Crippen molar-refractivity contribution in [2.45, 2.75) is 18.8 Å². The van der Waals surface area contributed by atoms with Gasteiger partial charge >= 0.3 is 0 Å². The number of rotatable bonds is 2. The number of hydrogen-bond acceptors (Lipinski definition) is 1. The highest BCUT2D eigenvalue weighted by Gasteiger charge is 2.24. The smallest absolute Gasteiger partial charge is 0.0705 e. The number of benzene rings is 1. The summed E-state index contributed by atoms with van der Waals surface area (Å²) in [6.45, 7) is 0. The van der Waals surface area contributed by atoms with Crippen LogP contribution in [-0.4, -0.2) is 4.98 Å². The predicted molar refractivity (Wildman–Crippen MR) is 66.7 cm³/mol. The van der Waals surface area contributed by atoms with Gasteiger partial charge in [-0.25, -0.2) is 0 Å². The van der Waals surface area contributed by atoms with Gasteiger partial charge in [-0.05, 0) is 37.1 Å². The normalized spacial score (nSPS) is 15.1. The Morgan fingerprint density at radius 2 is 1.88 bits per heavy atom. The molecule has 1 aromatic carbocycles. The number of halogens is 1. The number of hydrogen-bond donors (Lipinski definition) is 0. The highest BCUT2D eigenvalue weighted by atomic mass is 35.5. The van der Waals surface area contributed by atoms with E-state index < -0.39 is 0 Å². The molecule has 1 aliphatic rings. The van der Waals surface area contributed by atoms with Crippen molar-refractivity contribution in [2.75, 3.05) is 0 Å². The maximum absolute atomic E-state index is 5.98.